The SMILES string of the molecule is CCNc1nc(CSc2ccccc2)nc2c1CCC2. The van der Waals surface area contributed by atoms with Gasteiger partial charge in [-0.1, -0.05) is 18.2 Å². The second-order valence-corrected chi connectivity index (χ2v) is 5.95. The molecule has 0 amide bonds. The summed E-state index contributed by atoms with van der Waals surface area (Å²) in [6.07, 6.45) is 3.42. The molecule has 0 bridgehead atoms. The quantitative estimate of drug-likeness (QED) is 0.850. The summed E-state index contributed by atoms with van der Waals surface area (Å²) < 4.78 is 0. The first-order chi connectivity index (χ1) is 9.86. The van der Waals surface area contributed by atoms with Crippen molar-refractivity contribution in [3.8, 4) is 0 Å². The predicted molar refractivity (Wildman–Crippen MR) is 84.2 cm³/mol. The fraction of sp³-hybridized carbons (Fsp3) is 0.375. The van der Waals surface area contributed by atoms with Crippen LogP contribution in [0.3, 0.4) is 0 Å². The van der Waals surface area contributed by atoms with E-state index in [4.69, 9.17) is 9.97 Å². The highest BCUT2D eigenvalue weighted by molar-refractivity contribution is 7.98. The molecule has 0 unspecified atom stereocenters. The van der Waals surface area contributed by atoms with Gasteiger partial charge in [0.15, 0.2) is 0 Å². The Bertz CT molecular complexity index is 584. The molecule has 0 saturated heterocycles. The molecule has 20 heavy (non-hydrogen) atoms. The van der Waals surface area contributed by atoms with E-state index in [1.807, 2.05) is 6.07 Å². The summed E-state index contributed by atoms with van der Waals surface area (Å²) in [5.74, 6) is 2.82. The highest BCUT2D eigenvalue weighted by atomic mass is 32.2. The van der Waals surface area contributed by atoms with E-state index in [1.165, 1.54) is 22.6 Å². The molecule has 104 valence electrons. The zero-order chi connectivity index (χ0) is 13.8. The van der Waals surface area contributed by atoms with Crippen LogP contribution in [-0.4, -0.2) is 16.5 Å². The summed E-state index contributed by atoms with van der Waals surface area (Å²) in [6, 6.07) is 10.4. The number of hydrogen-bond donors (Lipinski definition) is 1. The van der Waals surface area contributed by atoms with Crippen LogP contribution in [0, 0.1) is 0 Å². The zero-order valence-corrected chi connectivity index (χ0v) is 12.5. The lowest BCUT2D eigenvalue weighted by molar-refractivity contribution is 0.893. The normalized spacial score (nSPS) is 13.2. The predicted octanol–water partition coefficient (Wildman–Crippen LogP) is 3.69. The van der Waals surface area contributed by atoms with Gasteiger partial charge in [-0.25, -0.2) is 9.97 Å². The third-order valence-electron chi connectivity index (χ3n) is 3.43. The summed E-state index contributed by atoms with van der Waals surface area (Å²) in [7, 11) is 0. The molecule has 1 heterocycles. The van der Waals surface area contributed by atoms with Gasteiger partial charge < -0.3 is 5.32 Å². The number of thioether (sulfide) groups is 1. The lowest BCUT2D eigenvalue weighted by Gasteiger charge is -2.10. The van der Waals surface area contributed by atoms with Gasteiger partial charge >= 0.3 is 0 Å². The van der Waals surface area contributed by atoms with E-state index in [9.17, 15) is 0 Å². The lowest BCUT2D eigenvalue weighted by Crippen LogP contribution is -2.08. The molecule has 0 atom stereocenters. The number of nitrogens with one attached hydrogen (secondary N) is 1. The van der Waals surface area contributed by atoms with Crippen molar-refractivity contribution in [2.45, 2.75) is 36.8 Å². The van der Waals surface area contributed by atoms with Crippen LogP contribution >= 0.6 is 11.8 Å². The molecule has 3 nitrogen and oxygen atoms in total. The second kappa shape index (κ2) is 6.27. The van der Waals surface area contributed by atoms with Crippen LogP contribution in [0.2, 0.25) is 0 Å². The molecule has 0 radical (unpaired) electrons. The molecule has 0 saturated carbocycles. The molecule has 4 heteroatoms. The first-order valence-electron chi connectivity index (χ1n) is 7.17. The van der Waals surface area contributed by atoms with Crippen molar-refractivity contribution in [3.63, 3.8) is 0 Å². The van der Waals surface area contributed by atoms with Gasteiger partial charge in [0, 0.05) is 22.7 Å². The van der Waals surface area contributed by atoms with Gasteiger partial charge in [0.25, 0.3) is 0 Å². The molecule has 1 aromatic carbocycles. The van der Waals surface area contributed by atoms with E-state index < -0.39 is 0 Å². The van der Waals surface area contributed by atoms with Crippen LogP contribution in [0.15, 0.2) is 35.2 Å². The Kier molecular flexibility index (Phi) is 4.21. The Morgan fingerprint density at radius 1 is 1.15 bits per heavy atom. The largest absolute Gasteiger partial charge is 0.370 e. The third-order valence-corrected chi connectivity index (χ3v) is 4.44. The van der Waals surface area contributed by atoms with Crippen LogP contribution in [0.1, 0.15) is 30.4 Å². The Morgan fingerprint density at radius 2 is 2.00 bits per heavy atom. The number of aromatic nitrogens is 2. The summed E-state index contributed by atoms with van der Waals surface area (Å²) in [5, 5.41) is 3.39. The fourth-order valence-electron chi connectivity index (χ4n) is 2.53. The average Bonchev–Trinajstić information content (AvgIpc) is 2.95. The number of benzene rings is 1. The number of hydrogen-bond acceptors (Lipinski definition) is 4. The van der Waals surface area contributed by atoms with E-state index in [1.54, 1.807) is 11.8 Å². The van der Waals surface area contributed by atoms with Crippen molar-refractivity contribution in [2.24, 2.45) is 0 Å². The molecular weight excluding hydrogens is 266 g/mol. The molecule has 3 rings (SSSR count). The summed E-state index contributed by atoms with van der Waals surface area (Å²) in [6.45, 7) is 3.02. The van der Waals surface area contributed by atoms with E-state index in [2.05, 4.69) is 36.5 Å². The highest BCUT2D eigenvalue weighted by Gasteiger charge is 2.18. The smallest absolute Gasteiger partial charge is 0.141 e. The number of fused-ring (bicyclic) bond motifs is 1. The molecule has 0 fully saturated rings. The first kappa shape index (κ1) is 13.4. The van der Waals surface area contributed by atoms with Crippen LogP contribution in [0.4, 0.5) is 5.82 Å². The molecule has 0 spiro atoms. The van der Waals surface area contributed by atoms with Gasteiger partial charge in [0.1, 0.15) is 11.6 Å². The zero-order valence-electron chi connectivity index (χ0n) is 11.7. The molecule has 2 aromatic rings. The minimum atomic E-state index is 0.829. The Morgan fingerprint density at radius 3 is 2.80 bits per heavy atom. The lowest BCUT2D eigenvalue weighted by atomic mass is 10.2. The maximum Gasteiger partial charge on any atom is 0.141 e. The Hall–Kier alpha value is -1.55. The van der Waals surface area contributed by atoms with Gasteiger partial charge in [0.2, 0.25) is 0 Å². The van der Waals surface area contributed by atoms with Crippen LogP contribution in [0.5, 0.6) is 0 Å². The Labute approximate surface area is 124 Å². The van der Waals surface area contributed by atoms with Crippen molar-refractivity contribution in [1.29, 1.82) is 0 Å². The van der Waals surface area contributed by atoms with E-state index in [-0.39, 0.29) is 0 Å². The summed E-state index contributed by atoms with van der Waals surface area (Å²) >= 11 is 1.79. The van der Waals surface area contributed by atoms with Gasteiger partial charge in [-0.3, -0.25) is 0 Å². The molecule has 0 aliphatic heterocycles. The standard InChI is InChI=1S/C16H19N3S/c1-2-17-16-13-9-6-10-14(13)18-15(19-16)11-20-12-7-4-3-5-8-12/h3-5,7-8H,2,6,9-11H2,1H3,(H,17,18,19). The van der Waals surface area contributed by atoms with Crippen LogP contribution in [0.25, 0.3) is 0 Å². The van der Waals surface area contributed by atoms with Gasteiger partial charge in [-0.05, 0) is 38.3 Å². The minimum absolute atomic E-state index is 0.829. The van der Waals surface area contributed by atoms with Crippen molar-refractivity contribution in [2.75, 3.05) is 11.9 Å². The van der Waals surface area contributed by atoms with E-state index in [0.29, 0.717) is 0 Å². The van der Waals surface area contributed by atoms with Crippen molar-refractivity contribution in [1.82, 2.24) is 9.97 Å². The van der Waals surface area contributed by atoms with Crippen LogP contribution < -0.4 is 5.32 Å². The number of rotatable bonds is 5. The number of nitrogens with zero attached hydrogens (tertiary/aromatic N) is 2. The highest BCUT2D eigenvalue weighted by Crippen LogP contribution is 2.28. The molecule has 1 aliphatic carbocycles. The maximum atomic E-state index is 4.74. The van der Waals surface area contributed by atoms with Crippen molar-refractivity contribution < 1.29 is 0 Å². The second-order valence-electron chi connectivity index (χ2n) is 4.90. The van der Waals surface area contributed by atoms with E-state index in [0.717, 1.165) is 36.8 Å². The fourth-order valence-corrected chi connectivity index (χ4v) is 3.30. The van der Waals surface area contributed by atoms with Crippen molar-refractivity contribution >= 4 is 17.6 Å². The van der Waals surface area contributed by atoms with Crippen molar-refractivity contribution in [3.05, 3.63) is 47.4 Å². The third kappa shape index (κ3) is 2.96. The van der Waals surface area contributed by atoms with Gasteiger partial charge in [-0.15, -0.1) is 11.8 Å². The average molecular weight is 285 g/mol. The topological polar surface area (TPSA) is 37.8 Å². The summed E-state index contributed by atoms with van der Waals surface area (Å²) in [5.41, 5.74) is 2.58. The minimum Gasteiger partial charge on any atom is -0.370 e. The number of anilines is 1. The van der Waals surface area contributed by atoms with Gasteiger partial charge in [0.05, 0.1) is 5.75 Å². The molecular formula is C16H19N3S. The Balaban J connectivity index is 1.78. The van der Waals surface area contributed by atoms with E-state index >= 15 is 0 Å². The monoisotopic (exact) mass is 285 g/mol. The number of aryl methyl sites for hydroxylation is 1. The molecule has 1 N–H and O–H groups in total. The molecule has 1 aromatic heterocycles. The molecule has 1 aliphatic rings. The first-order valence-corrected chi connectivity index (χ1v) is 8.15. The van der Waals surface area contributed by atoms with Gasteiger partial charge in [-0.2, -0.15) is 0 Å². The maximum absolute atomic E-state index is 4.74. The summed E-state index contributed by atoms with van der Waals surface area (Å²) in [4.78, 5) is 10.7. The van der Waals surface area contributed by atoms with Crippen LogP contribution in [-0.2, 0) is 18.6 Å².